The fourth-order valence-electron chi connectivity index (χ4n) is 4.75. The first-order valence-corrected chi connectivity index (χ1v) is 9.66. The molecule has 3 aliphatic carbocycles. The van der Waals surface area contributed by atoms with Crippen LogP contribution in [-0.4, -0.2) is 14.1 Å². The van der Waals surface area contributed by atoms with Crippen molar-refractivity contribution in [3.63, 3.8) is 0 Å². The van der Waals surface area contributed by atoms with E-state index in [9.17, 15) is 8.42 Å². The van der Waals surface area contributed by atoms with Crippen LogP contribution in [0.15, 0.2) is 34.3 Å². The molecule has 5 heteroatoms. The van der Waals surface area contributed by atoms with Crippen LogP contribution in [0.5, 0.6) is 0 Å². The van der Waals surface area contributed by atoms with Crippen molar-refractivity contribution in [1.82, 2.24) is 4.83 Å². The van der Waals surface area contributed by atoms with Gasteiger partial charge in [0.2, 0.25) is 0 Å². The Morgan fingerprint density at radius 1 is 1.14 bits per heavy atom. The van der Waals surface area contributed by atoms with Gasteiger partial charge in [-0.05, 0) is 68.9 Å². The van der Waals surface area contributed by atoms with Gasteiger partial charge < -0.3 is 0 Å². The molecule has 1 N–H and O–H groups in total. The van der Waals surface area contributed by atoms with E-state index in [4.69, 9.17) is 0 Å². The molecule has 4 unspecified atom stereocenters. The molecule has 0 aliphatic heterocycles. The number of fused-ring (bicyclic) bond motifs is 1. The highest BCUT2D eigenvalue weighted by atomic mass is 32.2. The van der Waals surface area contributed by atoms with E-state index in [2.05, 4.69) is 9.93 Å². The van der Waals surface area contributed by atoms with Gasteiger partial charge in [0.1, 0.15) is 0 Å². The topological polar surface area (TPSA) is 58.5 Å². The highest BCUT2D eigenvalue weighted by molar-refractivity contribution is 7.89. The highest BCUT2D eigenvalue weighted by Crippen LogP contribution is 2.55. The van der Waals surface area contributed by atoms with E-state index in [1.54, 1.807) is 12.1 Å². The maximum Gasteiger partial charge on any atom is 0.276 e. The van der Waals surface area contributed by atoms with E-state index in [1.165, 1.54) is 25.7 Å². The number of hydrogen-bond acceptors (Lipinski definition) is 3. The monoisotopic (exact) mass is 318 g/mol. The van der Waals surface area contributed by atoms with Crippen molar-refractivity contribution in [3.05, 3.63) is 29.8 Å². The summed E-state index contributed by atoms with van der Waals surface area (Å²) in [5.41, 5.74) is 2.14. The zero-order valence-electron chi connectivity index (χ0n) is 12.8. The van der Waals surface area contributed by atoms with E-state index in [-0.39, 0.29) is 4.90 Å². The van der Waals surface area contributed by atoms with Crippen molar-refractivity contribution in [2.45, 2.75) is 43.9 Å². The number of hydrogen-bond donors (Lipinski definition) is 1. The van der Waals surface area contributed by atoms with E-state index < -0.39 is 10.0 Å². The van der Waals surface area contributed by atoms with E-state index >= 15 is 0 Å². The molecule has 0 amide bonds. The number of nitrogens with one attached hydrogen (secondary N) is 1. The Morgan fingerprint density at radius 3 is 2.68 bits per heavy atom. The molecule has 4 nitrogen and oxygen atoms in total. The zero-order chi connectivity index (χ0) is 15.3. The molecule has 0 radical (unpaired) electrons. The third kappa shape index (κ3) is 2.35. The average Bonchev–Trinajstić information content (AvgIpc) is 3.01. The minimum absolute atomic E-state index is 0.283. The molecule has 2 bridgehead atoms. The fraction of sp³-hybridized carbons (Fsp3) is 0.588. The molecule has 1 aromatic carbocycles. The molecule has 4 atom stereocenters. The number of sulfonamides is 1. The third-order valence-electron chi connectivity index (χ3n) is 5.78. The van der Waals surface area contributed by atoms with Gasteiger partial charge in [-0.15, -0.1) is 0 Å². The lowest BCUT2D eigenvalue weighted by molar-refractivity contribution is 0.387. The molecule has 3 aliphatic rings. The van der Waals surface area contributed by atoms with Crippen LogP contribution in [0.4, 0.5) is 0 Å². The van der Waals surface area contributed by atoms with Crippen molar-refractivity contribution >= 4 is 15.7 Å². The summed E-state index contributed by atoms with van der Waals surface area (Å²) in [7, 11) is -3.55. The minimum Gasteiger partial charge on any atom is -0.200 e. The molecule has 0 aromatic heterocycles. The van der Waals surface area contributed by atoms with Gasteiger partial charge in [0.15, 0.2) is 0 Å². The van der Waals surface area contributed by atoms with Crippen molar-refractivity contribution in [2.75, 3.05) is 0 Å². The van der Waals surface area contributed by atoms with Crippen LogP contribution in [0, 0.1) is 30.6 Å². The number of nitrogens with zero attached hydrogens (tertiary/aromatic N) is 1. The minimum atomic E-state index is -3.55. The predicted molar refractivity (Wildman–Crippen MR) is 86.0 cm³/mol. The van der Waals surface area contributed by atoms with Crippen molar-refractivity contribution in [1.29, 1.82) is 0 Å². The lowest BCUT2D eigenvalue weighted by Crippen LogP contribution is -2.29. The van der Waals surface area contributed by atoms with Crippen molar-refractivity contribution in [2.24, 2.45) is 28.8 Å². The Kier molecular flexibility index (Phi) is 3.29. The smallest absolute Gasteiger partial charge is 0.200 e. The average molecular weight is 318 g/mol. The first kappa shape index (κ1) is 14.2. The Bertz CT molecular complexity index is 707. The van der Waals surface area contributed by atoms with Gasteiger partial charge in [-0.1, -0.05) is 17.7 Å². The second-order valence-electron chi connectivity index (χ2n) is 7.16. The van der Waals surface area contributed by atoms with Gasteiger partial charge in [0, 0.05) is 11.6 Å². The molecule has 118 valence electrons. The van der Waals surface area contributed by atoms with Crippen LogP contribution in [0.1, 0.15) is 37.7 Å². The Labute approximate surface area is 132 Å². The molecule has 22 heavy (non-hydrogen) atoms. The molecule has 1 aromatic rings. The molecular formula is C17H22N2O2S. The number of rotatable bonds is 3. The van der Waals surface area contributed by atoms with Crippen LogP contribution in [-0.2, 0) is 10.0 Å². The summed E-state index contributed by atoms with van der Waals surface area (Å²) in [5.74, 6) is 2.89. The molecule has 0 heterocycles. The summed E-state index contributed by atoms with van der Waals surface area (Å²) in [6.07, 6.45) is 6.13. The zero-order valence-corrected chi connectivity index (χ0v) is 13.6. The lowest BCUT2D eigenvalue weighted by atomic mass is 9.79. The molecule has 4 rings (SSSR count). The second kappa shape index (κ2) is 5.08. The second-order valence-corrected chi connectivity index (χ2v) is 8.82. The van der Waals surface area contributed by atoms with Crippen LogP contribution >= 0.6 is 0 Å². The summed E-state index contributed by atoms with van der Waals surface area (Å²) >= 11 is 0. The summed E-state index contributed by atoms with van der Waals surface area (Å²) < 4.78 is 24.7. The summed E-state index contributed by atoms with van der Waals surface area (Å²) in [6, 6.07) is 6.89. The summed E-state index contributed by atoms with van der Waals surface area (Å²) in [5, 5.41) is 4.35. The molecule has 0 saturated heterocycles. The van der Waals surface area contributed by atoms with Crippen molar-refractivity contribution < 1.29 is 8.42 Å². The fourth-order valence-corrected chi connectivity index (χ4v) is 5.59. The van der Waals surface area contributed by atoms with Crippen molar-refractivity contribution in [3.8, 4) is 0 Å². The van der Waals surface area contributed by atoms with E-state index in [0.29, 0.717) is 5.92 Å². The molecule has 0 spiro atoms. The van der Waals surface area contributed by atoms with E-state index in [0.717, 1.165) is 35.4 Å². The summed E-state index contributed by atoms with van der Waals surface area (Å²) in [6.45, 7) is 1.94. The van der Waals surface area contributed by atoms with Gasteiger partial charge in [0.25, 0.3) is 10.0 Å². The predicted octanol–water partition coefficient (Wildman–Crippen LogP) is 3.09. The quantitative estimate of drug-likeness (QED) is 0.871. The molecular weight excluding hydrogens is 296 g/mol. The standard InChI is InChI=1S/C17H22N2O2S/c1-11-2-5-14(6-3-11)22(20,21)19-18-17-10-12-8-13-4-7-15(17)16(13)9-12/h2-3,5-6,12-13,15-16,19H,4,7-10H2,1H3. The lowest BCUT2D eigenvalue weighted by Gasteiger charge is -2.27. The first-order valence-electron chi connectivity index (χ1n) is 8.18. The molecule has 3 fully saturated rings. The van der Waals surface area contributed by atoms with Gasteiger partial charge in [-0.25, -0.2) is 4.83 Å². The summed E-state index contributed by atoms with van der Waals surface area (Å²) in [4.78, 5) is 2.76. The normalized spacial score (nSPS) is 35.0. The Morgan fingerprint density at radius 2 is 1.91 bits per heavy atom. The van der Waals surface area contributed by atoms with Crippen LogP contribution in [0.2, 0.25) is 0 Å². The van der Waals surface area contributed by atoms with Gasteiger partial charge in [0.05, 0.1) is 4.90 Å². The van der Waals surface area contributed by atoms with E-state index in [1.807, 2.05) is 19.1 Å². The number of benzene rings is 1. The van der Waals surface area contributed by atoms with Gasteiger partial charge in [-0.3, -0.25) is 0 Å². The number of hydrazone groups is 1. The largest absolute Gasteiger partial charge is 0.276 e. The van der Waals surface area contributed by atoms with Crippen LogP contribution in [0.25, 0.3) is 0 Å². The Balaban J connectivity index is 1.55. The third-order valence-corrected chi connectivity index (χ3v) is 7.00. The highest BCUT2D eigenvalue weighted by Gasteiger charge is 2.49. The SMILES string of the molecule is Cc1ccc(S(=O)(=O)NN=C2CC3CC4CCC2C4C3)cc1. The number of aryl methyl sites for hydroxylation is 1. The van der Waals surface area contributed by atoms with Crippen LogP contribution in [0.3, 0.4) is 0 Å². The Hall–Kier alpha value is -1.36. The van der Waals surface area contributed by atoms with Crippen LogP contribution < -0.4 is 4.83 Å². The van der Waals surface area contributed by atoms with Gasteiger partial charge >= 0.3 is 0 Å². The first-order chi connectivity index (χ1) is 10.5. The van der Waals surface area contributed by atoms with Gasteiger partial charge in [-0.2, -0.15) is 13.5 Å². The maximum absolute atomic E-state index is 12.4. The molecule has 3 saturated carbocycles. The maximum atomic E-state index is 12.4.